The van der Waals surface area contributed by atoms with Crippen LogP contribution in [0, 0.1) is 5.82 Å². The van der Waals surface area contributed by atoms with Crippen LogP contribution in [-0.2, 0) is 0 Å². The Morgan fingerprint density at radius 2 is 1.71 bits per heavy atom. The number of hydrogen-bond donors (Lipinski definition) is 1. The Kier molecular flexibility index (Phi) is 2.89. The average Bonchev–Trinajstić information content (AvgIpc) is 2.02. The van der Waals surface area contributed by atoms with Gasteiger partial charge in [-0.15, -0.1) is 0 Å². The third-order valence-corrected chi connectivity index (χ3v) is 1.59. The largest absolute Gasteiger partial charge is 0.347 e. The lowest BCUT2D eigenvalue weighted by atomic mass is 10.1. The van der Waals surface area contributed by atoms with Gasteiger partial charge >= 0.3 is 0 Å². The molecule has 2 nitrogen and oxygen atoms in total. The van der Waals surface area contributed by atoms with Crippen molar-refractivity contribution >= 4 is 5.91 Å². The number of hydrogen-bond acceptors (Lipinski definition) is 1. The SMILES string of the molecule is CC(C)(C)NC(=O)c1ccc([18F])cc1. The van der Waals surface area contributed by atoms with Crippen molar-refractivity contribution in [1.82, 2.24) is 5.32 Å². The highest BCUT2D eigenvalue weighted by atomic mass is 18.2. The van der Waals surface area contributed by atoms with E-state index in [-0.39, 0.29) is 17.3 Å². The van der Waals surface area contributed by atoms with Crippen molar-refractivity contribution in [2.45, 2.75) is 26.3 Å². The van der Waals surface area contributed by atoms with Crippen LogP contribution in [0.4, 0.5) is 4.39 Å². The van der Waals surface area contributed by atoms with Gasteiger partial charge in [0.25, 0.3) is 5.91 Å². The molecule has 0 saturated heterocycles. The molecule has 3 heteroatoms. The molecule has 1 aromatic carbocycles. The first-order chi connectivity index (χ1) is 6.38. The number of rotatable bonds is 1. The predicted molar refractivity (Wildman–Crippen MR) is 53.6 cm³/mol. The summed E-state index contributed by atoms with van der Waals surface area (Å²) in [4.78, 5) is 11.5. The van der Waals surface area contributed by atoms with Crippen molar-refractivity contribution in [3.05, 3.63) is 35.6 Å². The van der Waals surface area contributed by atoms with Gasteiger partial charge in [0.15, 0.2) is 0 Å². The van der Waals surface area contributed by atoms with Crippen molar-refractivity contribution in [3.8, 4) is 0 Å². The highest BCUT2D eigenvalue weighted by Gasteiger charge is 2.14. The number of benzene rings is 1. The van der Waals surface area contributed by atoms with Gasteiger partial charge in [-0.25, -0.2) is 4.39 Å². The zero-order chi connectivity index (χ0) is 10.8. The van der Waals surface area contributed by atoms with Gasteiger partial charge in [0.05, 0.1) is 0 Å². The van der Waals surface area contributed by atoms with Gasteiger partial charge in [-0.3, -0.25) is 4.79 Å². The lowest BCUT2D eigenvalue weighted by Crippen LogP contribution is -2.40. The quantitative estimate of drug-likeness (QED) is 0.730. The molecule has 0 bridgehead atoms. The molecule has 1 N–H and O–H groups in total. The highest BCUT2D eigenvalue weighted by molar-refractivity contribution is 5.94. The van der Waals surface area contributed by atoms with E-state index < -0.39 is 0 Å². The van der Waals surface area contributed by atoms with Crippen LogP contribution in [0.15, 0.2) is 24.3 Å². The summed E-state index contributed by atoms with van der Waals surface area (Å²) in [6.07, 6.45) is 0. The fraction of sp³-hybridized carbons (Fsp3) is 0.364. The third kappa shape index (κ3) is 3.17. The summed E-state index contributed by atoms with van der Waals surface area (Å²) < 4.78 is 12.6. The number of carbonyl (C=O) groups excluding carboxylic acids is 1. The van der Waals surface area contributed by atoms with Crippen LogP contribution in [0.25, 0.3) is 0 Å². The van der Waals surface area contributed by atoms with E-state index in [9.17, 15) is 9.18 Å². The minimum Gasteiger partial charge on any atom is -0.347 e. The van der Waals surface area contributed by atoms with Gasteiger partial charge in [0.1, 0.15) is 5.82 Å². The van der Waals surface area contributed by atoms with Gasteiger partial charge in [-0.1, -0.05) is 0 Å². The van der Waals surface area contributed by atoms with Crippen LogP contribution in [-0.4, -0.2) is 11.4 Å². The molecule has 0 fully saturated rings. The first-order valence-electron chi connectivity index (χ1n) is 4.46. The van der Waals surface area contributed by atoms with Crippen LogP contribution >= 0.6 is 0 Å². The van der Waals surface area contributed by atoms with Gasteiger partial charge in [0.2, 0.25) is 0 Å². The van der Waals surface area contributed by atoms with Crippen molar-refractivity contribution in [2.75, 3.05) is 0 Å². The van der Waals surface area contributed by atoms with E-state index >= 15 is 0 Å². The van der Waals surface area contributed by atoms with Crippen LogP contribution in [0.5, 0.6) is 0 Å². The third-order valence-electron chi connectivity index (χ3n) is 1.59. The summed E-state index contributed by atoms with van der Waals surface area (Å²) in [6, 6.07) is 5.49. The maximum Gasteiger partial charge on any atom is 0.251 e. The molecule has 0 aliphatic carbocycles. The van der Waals surface area contributed by atoms with Gasteiger partial charge in [-0.2, -0.15) is 0 Å². The number of halogens is 1. The van der Waals surface area contributed by atoms with Crippen molar-refractivity contribution < 1.29 is 9.18 Å². The fourth-order valence-corrected chi connectivity index (χ4v) is 1.01. The van der Waals surface area contributed by atoms with Crippen LogP contribution in [0.3, 0.4) is 0 Å². The first kappa shape index (κ1) is 10.7. The summed E-state index contributed by atoms with van der Waals surface area (Å²) in [5.74, 6) is -0.519. The molecule has 0 heterocycles. The lowest BCUT2D eigenvalue weighted by molar-refractivity contribution is 0.0919. The smallest absolute Gasteiger partial charge is 0.251 e. The van der Waals surface area contributed by atoms with E-state index in [2.05, 4.69) is 5.32 Å². The van der Waals surface area contributed by atoms with Crippen LogP contribution in [0.2, 0.25) is 0 Å². The molecule has 76 valence electrons. The highest BCUT2D eigenvalue weighted by Crippen LogP contribution is 2.05. The second-order valence-corrected chi connectivity index (χ2v) is 4.21. The van der Waals surface area contributed by atoms with E-state index in [1.54, 1.807) is 0 Å². The molecule has 1 aromatic rings. The maximum absolute atomic E-state index is 12.6. The molecule has 1 rings (SSSR count). The molecule has 0 radical (unpaired) electrons. The topological polar surface area (TPSA) is 29.1 Å². The second kappa shape index (κ2) is 3.78. The zero-order valence-corrected chi connectivity index (χ0v) is 8.60. The van der Waals surface area contributed by atoms with E-state index in [1.807, 2.05) is 20.8 Å². The second-order valence-electron chi connectivity index (χ2n) is 4.21. The molecular formula is C11H14FNO. The maximum atomic E-state index is 12.6. The Hall–Kier alpha value is -1.38. The Bertz CT molecular complexity index is 324. The Morgan fingerprint density at radius 3 is 2.14 bits per heavy atom. The van der Waals surface area contributed by atoms with Crippen molar-refractivity contribution in [3.63, 3.8) is 0 Å². The van der Waals surface area contributed by atoms with Crippen molar-refractivity contribution in [1.29, 1.82) is 0 Å². The Labute approximate surface area is 83.1 Å². The zero-order valence-electron chi connectivity index (χ0n) is 8.60. The molecule has 0 spiro atoms. The summed E-state index contributed by atoms with van der Waals surface area (Å²) in [6.45, 7) is 5.69. The van der Waals surface area contributed by atoms with E-state index in [4.69, 9.17) is 0 Å². The van der Waals surface area contributed by atoms with E-state index in [1.165, 1.54) is 24.3 Å². The predicted octanol–water partition coefficient (Wildman–Crippen LogP) is 2.35. The number of carbonyl (C=O) groups is 1. The summed E-state index contributed by atoms with van der Waals surface area (Å²) >= 11 is 0. The Balaban J connectivity index is 2.76. The molecule has 0 aliphatic rings. The summed E-state index contributed by atoms with van der Waals surface area (Å²) in [7, 11) is 0. The molecule has 0 atom stereocenters. The van der Waals surface area contributed by atoms with Gasteiger partial charge < -0.3 is 5.32 Å². The molecule has 1 amide bonds. The molecule has 0 unspecified atom stereocenters. The summed E-state index contributed by atoms with van der Waals surface area (Å²) in [5.41, 5.74) is 0.201. The van der Waals surface area contributed by atoms with Gasteiger partial charge in [-0.05, 0) is 45.0 Å². The minimum absolute atomic E-state index is 0.183. The normalized spacial score (nSPS) is 11.1. The first-order valence-corrected chi connectivity index (χ1v) is 4.46. The summed E-state index contributed by atoms with van der Waals surface area (Å²) in [5, 5.41) is 2.79. The standard InChI is InChI=1S/C11H14FNO/c1-11(2,3)13-10(14)8-4-6-9(12)7-5-8/h4-7H,1-3H3,(H,13,14)/i12-1. The molecule has 0 saturated carbocycles. The molecule has 0 aromatic heterocycles. The lowest BCUT2D eigenvalue weighted by Gasteiger charge is -2.20. The Morgan fingerprint density at radius 1 is 1.21 bits per heavy atom. The average molecular weight is 194 g/mol. The van der Waals surface area contributed by atoms with Crippen molar-refractivity contribution in [2.24, 2.45) is 0 Å². The van der Waals surface area contributed by atoms with E-state index in [0.29, 0.717) is 5.56 Å². The van der Waals surface area contributed by atoms with Gasteiger partial charge in [0, 0.05) is 11.1 Å². The number of amides is 1. The molecule has 0 aliphatic heterocycles. The number of nitrogens with one attached hydrogen (secondary N) is 1. The fourth-order valence-electron chi connectivity index (χ4n) is 1.01. The molecular weight excluding hydrogens is 180 g/mol. The molecule has 14 heavy (non-hydrogen) atoms. The van der Waals surface area contributed by atoms with Crippen LogP contribution < -0.4 is 5.32 Å². The monoisotopic (exact) mass is 194 g/mol. The van der Waals surface area contributed by atoms with E-state index in [0.717, 1.165) is 0 Å². The minimum atomic E-state index is -0.336. The van der Waals surface area contributed by atoms with Crippen LogP contribution in [0.1, 0.15) is 31.1 Å².